The van der Waals surface area contributed by atoms with Gasteiger partial charge in [0.1, 0.15) is 11.4 Å². The van der Waals surface area contributed by atoms with Crippen LogP contribution in [0.4, 0.5) is 5.69 Å². The molecule has 5 heteroatoms. The number of carboxylic acid groups (broad SMARTS) is 1. The van der Waals surface area contributed by atoms with E-state index in [4.69, 9.17) is 9.84 Å². The fourth-order valence-electron chi connectivity index (χ4n) is 2.18. The highest BCUT2D eigenvalue weighted by molar-refractivity contribution is 5.94. The minimum Gasteiger partial charge on any atom is -0.486 e. The maximum Gasteiger partial charge on any atom is 0.335 e. The maximum atomic E-state index is 12.3. The highest BCUT2D eigenvalue weighted by Crippen LogP contribution is 2.27. The van der Waals surface area contributed by atoms with E-state index in [0.29, 0.717) is 17.0 Å². The molecule has 0 aliphatic rings. The summed E-state index contributed by atoms with van der Waals surface area (Å²) in [5.74, 6) is -0.652. The van der Waals surface area contributed by atoms with Gasteiger partial charge in [0.15, 0.2) is 0 Å². The molecular weight excluding hydrogens is 306 g/mol. The molecule has 5 nitrogen and oxygen atoms in total. The molecule has 0 radical (unpaired) electrons. The Morgan fingerprint density at radius 2 is 1.79 bits per heavy atom. The third kappa shape index (κ3) is 5.12. The van der Waals surface area contributed by atoms with Gasteiger partial charge in [0.2, 0.25) is 5.91 Å². The Balaban J connectivity index is 2.10. The van der Waals surface area contributed by atoms with Crippen molar-refractivity contribution in [1.29, 1.82) is 0 Å². The molecule has 0 heterocycles. The minimum absolute atomic E-state index is 0.0883. The zero-order valence-corrected chi connectivity index (χ0v) is 14.0. The van der Waals surface area contributed by atoms with Crippen LogP contribution < -0.4 is 10.1 Å². The van der Waals surface area contributed by atoms with Crippen molar-refractivity contribution >= 4 is 17.6 Å². The molecule has 0 fully saturated rings. The summed E-state index contributed by atoms with van der Waals surface area (Å²) in [7, 11) is 0. The number of ether oxygens (including phenoxy) is 1. The van der Waals surface area contributed by atoms with Crippen molar-refractivity contribution in [2.75, 3.05) is 5.32 Å². The van der Waals surface area contributed by atoms with Gasteiger partial charge in [-0.1, -0.05) is 24.3 Å². The number of carbonyl (C=O) groups excluding carboxylic acids is 1. The van der Waals surface area contributed by atoms with E-state index in [9.17, 15) is 9.59 Å². The molecule has 2 rings (SSSR count). The number of anilines is 1. The van der Waals surface area contributed by atoms with E-state index in [1.807, 2.05) is 32.9 Å². The van der Waals surface area contributed by atoms with Crippen LogP contribution >= 0.6 is 0 Å². The van der Waals surface area contributed by atoms with Crippen molar-refractivity contribution in [3.05, 3.63) is 59.7 Å². The summed E-state index contributed by atoms with van der Waals surface area (Å²) in [5.41, 5.74) is 1.02. The zero-order chi connectivity index (χ0) is 17.7. The van der Waals surface area contributed by atoms with E-state index in [1.165, 1.54) is 12.1 Å². The third-order valence-electron chi connectivity index (χ3n) is 3.12. The Kier molecular flexibility index (Phi) is 5.24. The molecule has 0 aliphatic heterocycles. The number of benzene rings is 2. The first-order valence-electron chi connectivity index (χ1n) is 7.65. The van der Waals surface area contributed by atoms with Gasteiger partial charge in [0, 0.05) is 0 Å². The number of para-hydroxylation sites is 2. The largest absolute Gasteiger partial charge is 0.486 e. The second-order valence-electron chi connectivity index (χ2n) is 6.44. The molecule has 0 atom stereocenters. The van der Waals surface area contributed by atoms with Crippen LogP contribution in [0, 0.1) is 0 Å². The van der Waals surface area contributed by atoms with Crippen LogP contribution in [0.25, 0.3) is 0 Å². The zero-order valence-electron chi connectivity index (χ0n) is 14.0. The minimum atomic E-state index is -1.01. The topological polar surface area (TPSA) is 75.6 Å². The van der Waals surface area contributed by atoms with Crippen LogP contribution in [0.5, 0.6) is 5.75 Å². The van der Waals surface area contributed by atoms with Crippen LogP contribution in [0.1, 0.15) is 36.7 Å². The number of hydrogen-bond donors (Lipinski definition) is 2. The number of hydrogen-bond acceptors (Lipinski definition) is 3. The number of carboxylic acids is 1. The predicted octanol–water partition coefficient (Wildman–Crippen LogP) is 3.74. The van der Waals surface area contributed by atoms with Gasteiger partial charge in [-0.25, -0.2) is 4.79 Å². The third-order valence-corrected chi connectivity index (χ3v) is 3.12. The first-order valence-corrected chi connectivity index (χ1v) is 7.65. The monoisotopic (exact) mass is 327 g/mol. The van der Waals surface area contributed by atoms with Crippen molar-refractivity contribution in [3.63, 3.8) is 0 Å². The molecule has 24 heavy (non-hydrogen) atoms. The van der Waals surface area contributed by atoms with Gasteiger partial charge in [-0.05, 0) is 50.6 Å². The Morgan fingerprint density at radius 1 is 1.08 bits per heavy atom. The predicted molar refractivity (Wildman–Crippen MR) is 92.6 cm³/mol. The van der Waals surface area contributed by atoms with Crippen LogP contribution in [-0.2, 0) is 11.2 Å². The van der Waals surface area contributed by atoms with Crippen molar-refractivity contribution in [3.8, 4) is 5.75 Å². The van der Waals surface area contributed by atoms with Gasteiger partial charge in [0.25, 0.3) is 0 Å². The van der Waals surface area contributed by atoms with Crippen LogP contribution in [0.2, 0.25) is 0 Å². The first-order chi connectivity index (χ1) is 11.2. The van der Waals surface area contributed by atoms with Gasteiger partial charge in [-0.3, -0.25) is 4.79 Å². The molecule has 2 aromatic rings. The van der Waals surface area contributed by atoms with E-state index in [2.05, 4.69) is 5.32 Å². The quantitative estimate of drug-likeness (QED) is 0.877. The lowest BCUT2D eigenvalue weighted by molar-refractivity contribution is -0.115. The Labute approximate surface area is 141 Å². The Morgan fingerprint density at radius 3 is 2.46 bits per heavy atom. The van der Waals surface area contributed by atoms with Crippen LogP contribution in [0.15, 0.2) is 48.5 Å². The average Bonchev–Trinajstić information content (AvgIpc) is 2.48. The number of carbonyl (C=O) groups is 2. The number of nitrogens with one attached hydrogen (secondary N) is 1. The lowest BCUT2D eigenvalue weighted by Gasteiger charge is -2.23. The molecule has 0 saturated heterocycles. The summed E-state index contributed by atoms with van der Waals surface area (Å²) >= 11 is 0. The fourth-order valence-corrected chi connectivity index (χ4v) is 2.18. The normalized spacial score (nSPS) is 11.0. The van der Waals surface area contributed by atoms with Gasteiger partial charge >= 0.3 is 5.97 Å². The smallest absolute Gasteiger partial charge is 0.335 e. The summed E-state index contributed by atoms with van der Waals surface area (Å²) < 4.78 is 5.84. The Bertz CT molecular complexity index is 747. The van der Waals surface area contributed by atoms with Crippen molar-refractivity contribution < 1.29 is 19.4 Å². The average molecular weight is 327 g/mol. The molecular formula is C19H21NO4. The second kappa shape index (κ2) is 7.17. The van der Waals surface area contributed by atoms with Crippen LogP contribution in [-0.4, -0.2) is 22.6 Å². The number of rotatable bonds is 5. The van der Waals surface area contributed by atoms with Crippen LogP contribution in [0.3, 0.4) is 0 Å². The van der Waals surface area contributed by atoms with Gasteiger partial charge in [0.05, 0.1) is 17.7 Å². The summed E-state index contributed by atoms with van der Waals surface area (Å²) in [6, 6.07) is 13.6. The standard InChI is InChI=1S/C19H21NO4/c1-19(2,3)24-16-10-5-4-9-15(16)20-17(21)12-13-7-6-8-14(11-13)18(22)23/h4-11H,12H2,1-3H3,(H,20,21)(H,22,23). The summed E-state index contributed by atoms with van der Waals surface area (Å²) in [6.07, 6.45) is 0.0883. The highest BCUT2D eigenvalue weighted by Gasteiger charge is 2.16. The summed E-state index contributed by atoms with van der Waals surface area (Å²) in [6.45, 7) is 5.80. The molecule has 2 aromatic carbocycles. The first kappa shape index (κ1) is 17.5. The lowest BCUT2D eigenvalue weighted by Crippen LogP contribution is -2.24. The molecule has 1 amide bonds. The molecule has 126 valence electrons. The SMILES string of the molecule is CC(C)(C)Oc1ccccc1NC(=O)Cc1cccc(C(=O)O)c1. The number of aromatic carboxylic acids is 1. The van der Waals surface area contributed by atoms with E-state index in [1.54, 1.807) is 24.3 Å². The van der Waals surface area contributed by atoms with Crippen molar-refractivity contribution in [1.82, 2.24) is 0 Å². The van der Waals surface area contributed by atoms with Gasteiger partial charge in [-0.2, -0.15) is 0 Å². The van der Waals surface area contributed by atoms with Gasteiger partial charge < -0.3 is 15.2 Å². The molecule has 0 bridgehead atoms. The van der Waals surface area contributed by atoms with Crippen molar-refractivity contribution in [2.45, 2.75) is 32.8 Å². The second-order valence-corrected chi connectivity index (χ2v) is 6.44. The molecule has 0 aliphatic carbocycles. The number of amides is 1. The van der Waals surface area contributed by atoms with E-state index in [0.717, 1.165) is 0 Å². The van der Waals surface area contributed by atoms with Crippen molar-refractivity contribution in [2.24, 2.45) is 0 Å². The van der Waals surface area contributed by atoms with E-state index < -0.39 is 5.97 Å². The lowest BCUT2D eigenvalue weighted by atomic mass is 10.1. The summed E-state index contributed by atoms with van der Waals surface area (Å²) in [4.78, 5) is 23.3. The molecule has 0 unspecified atom stereocenters. The van der Waals surface area contributed by atoms with Gasteiger partial charge in [-0.15, -0.1) is 0 Å². The summed E-state index contributed by atoms with van der Waals surface area (Å²) in [5, 5.41) is 11.8. The molecule has 0 spiro atoms. The Hall–Kier alpha value is -2.82. The molecule has 2 N–H and O–H groups in total. The maximum absolute atomic E-state index is 12.3. The molecule has 0 saturated carbocycles. The molecule has 0 aromatic heterocycles. The fraction of sp³-hybridized carbons (Fsp3) is 0.263. The highest BCUT2D eigenvalue weighted by atomic mass is 16.5. The van der Waals surface area contributed by atoms with E-state index >= 15 is 0 Å². The van der Waals surface area contributed by atoms with E-state index in [-0.39, 0.29) is 23.5 Å².